The van der Waals surface area contributed by atoms with Crippen molar-refractivity contribution in [3.8, 4) is 0 Å². The van der Waals surface area contributed by atoms with Crippen LogP contribution in [0.15, 0.2) is 34.4 Å². The van der Waals surface area contributed by atoms with Crippen LogP contribution in [0.25, 0.3) is 0 Å². The third-order valence-electron chi connectivity index (χ3n) is 7.93. The van der Waals surface area contributed by atoms with Crippen LogP contribution in [0.4, 0.5) is 0 Å². The molecular weight excluding hydrogens is 430 g/mol. The van der Waals surface area contributed by atoms with Crippen LogP contribution in [0, 0.1) is 11.8 Å². The maximum Gasteiger partial charge on any atom is 0.344 e. The molecule has 1 saturated carbocycles. The molecule has 9 heteroatoms. The molecule has 4 aliphatic rings. The van der Waals surface area contributed by atoms with Crippen molar-refractivity contribution >= 4 is 23.2 Å². The van der Waals surface area contributed by atoms with Gasteiger partial charge in [0.25, 0.3) is 5.91 Å². The molecule has 0 spiro atoms. The van der Waals surface area contributed by atoms with Crippen LogP contribution in [-0.2, 0) is 19.9 Å². The summed E-state index contributed by atoms with van der Waals surface area (Å²) in [5, 5.41) is 17.6. The molecule has 3 N–H and O–H groups in total. The summed E-state index contributed by atoms with van der Waals surface area (Å²) in [6.45, 7) is 2.04. The number of piperidine rings is 3. The number of carbonyl (C=O) groups is 2. The molecular formula is C23H30N3O5S+. The molecule has 2 bridgehead atoms. The van der Waals surface area contributed by atoms with Gasteiger partial charge in [0, 0.05) is 35.6 Å². The molecule has 3 atom stereocenters. The fourth-order valence-corrected chi connectivity index (χ4v) is 7.15. The number of ether oxygens (including phenoxy) is 1. The first-order chi connectivity index (χ1) is 15.4. The molecule has 3 aliphatic heterocycles. The van der Waals surface area contributed by atoms with E-state index in [1.807, 2.05) is 17.5 Å². The van der Waals surface area contributed by atoms with Crippen molar-refractivity contribution in [2.24, 2.45) is 17.6 Å². The summed E-state index contributed by atoms with van der Waals surface area (Å²) in [6, 6.07) is 4.72. The van der Waals surface area contributed by atoms with E-state index in [1.54, 1.807) is 6.07 Å². The number of rotatable bonds is 7. The van der Waals surface area contributed by atoms with Crippen LogP contribution in [0.5, 0.6) is 0 Å². The minimum absolute atomic E-state index is 0.133. The molecule has 4 fully saturated rings. The molecule has 172 valence electrons. The van der Waals surface area contributed by atoms with Crippen LogP contribution in [-0.4, -0.2) is 52.4 Å². The highest BCUT2D eigenvalue weighted by molar-refractivity contribution is 7.10. The lowest BCUT2D eigenvalue weighted by molar-refractivity contribution is -0.965. The maximum atomic E-state index is 13.5. The Balaban J connectivity index is 1.41. The SMILES string of the molecule is NC(=O)C(c1ccon1)[N+]12CCC(CC1)[C@@H](OC(=O)C(O)(c1cccs1)C1CCCC1)C2. The number of aliphatic hydroxyl groups is 1. The van der Waals surface area contributed by atoms with Gasteiger partial charge in [-0.3, -0.25) is 4.79 Å². The van der Waals surface area contributed by atoms with Crippen molar-refractivity contribution in [1.82, 2.24) is 5.16 Å². The van der Waals surface area contributed by atoms with Gasteiger partial charge in [0.15, 0.2) is 17.4 Å². The average molecular weight is 461 g/mol. The van der Waals surface area contributed by atoms with Gasteiger partial charge in [-0.2, -0.15) is 0 Å². The molecule has 2 aromatic rings. The Labute approximate surface area is 190 Å². The van der Waals surface area contributed by atoms with E-state index in [1.165, 1.54) is 17.6 Å². The number of amides is 1. The first-order valence-corrected chi connectivity index (χ1v) is 12.3. The number of primary amides is 1. The average Bonchev–Trinajstić information content (AvgIpc) is 3.57. The second-order valence-corrected chi connectivity index (χ2v) is 10.5. The highest BCUT2D eigenvalue weighted by atomic mass is 32.1. The number of esters is 1. The molecule has 32 heavy (non-hydrogen) atoms. The summed E-state index contributed by atoms with van der Waals surface area (Å²) in [4.78, 5) is 26.7. The smallest absolute Gasteiger partial charge is 0.344 e. The lowest BCUT2D eigenvalue weighted by Crippen LogP contribution is -2.67. The number of hydrogen-bond acceptors (Lipinski definition) is 7. The van der Waals surface area contributed by atoms with E-state index >= 15 is 0 Å². The number of hydrogen-bond donors (Lipinski definition) is 2. The second-order valence-electron chi connectivity index (χ2n) is 9.58. The van der Waals surface area contributed by atoms with E-state index in [0.29, 0.717) is 21.6 Å². The summed E-state index contributed by atoms with van der Waals surface area (Å²) in [5.41, 5.74) is 4.72. The molecule has 3 saturated heterocycles. The highest BCUT2D eigenvalue weighted by Gasteiger charge is 2.56. The van der Waals surface area contributed by atoms with E-state index in [9.17, 15) is 14.7 Å². The number of nitrogens with two attached hydrogens (primary N) is 1. The number of carbonyl (C=O) groups excluding carboxylic acids is 2. The molecule has 1 amide bonds. The zero-order chi connectivity index (χ0) is 22.3. The largest absolute Gasteiger partial charge is 0.454 e. The van der Waals surface area contributed by atoms with E-state index in [0.717, 1.165) is 51.6 Å². The highest BCUT2D eigenvalue weighted by Crippen LogP contribution is 2.46. The third-order valence-corrected chi connectivity index (χ3v) is 8.92. The number of thiophene rings is 1. The molecule has 1 aliphatic carbocycles. The lowest BCUT2D eigenvalue weighted by Gasteiger charge is -2.54. The lowest BCUT2D eigenvalue weighted by atomic mass is 9.80. The van der Waals surface area contributed by atoms with E-state index in [2.05, 4.69) is 5.16 Å². The Hall–Kier alpha value is -2.23. The number of quaternary nitrogens is 1. The van der Waals surface area contributed by atoms with Gasteiger partial charge >= 0.3 is 5.97 Å². The Morgan fingerprint density at radius 1 is 1.25 bits per heavy atom. The van der Waals surface area contributed by atoms with Gasteiger partial charge in [0.2, 0.25) is 6.04 Å². The Morgan fingerprint density at radius 2 is 2.00 bits per heavy atom. The van der Waals surface area contributed by atoms with E-state index in [4.69, 9.17) is 15.0 Å². The molecule has 2 aromatic heterocycles. The van der Waals surface area contributed by atoms with E-state index < -0.39 is 23.5 Å². The first-order valence-electron chi connectivity index (χ1n) is 11.5. The summed E-state index contributed by atoms with van der Waals surface area (Å²) in [6.07, 6.45) is 6.39. The Bertz CT molecular complexity index is 948. The van der Waals surface area contributed by atoms with Gasteiger partial charge in [0.05, 0.1) is 13.1 Å². The second kappa shape index (κ2) is 8.28. The predicted octanol–water partition coefficient (Wildman–Crippen LogP) is 2.49. The van der Waals surface area contributed by atoms with Gasteiger partial charge in [-0.05, 0) is 24.3 Å². The van der Waals surface area contributed by atoms with Gasteiger partial charge in [0.1, 0.15) is 12.8 Å². The van der Waals surface area contributed by atoms with Crippen molar-refractivity contribution in [2.75, 3.05) is 19.6 Å². The number of nitrogens with zero attached hydrogens (tertiary/aromatic N) is 2. The van der Waals surface area contributed by atoms with Crippen LogP contribution in [0.3, 0.4) is 0 Å². The quantitative estimate of drug-likeness (QED) is 0.484. The topological polar surface area (TPSA) is 116 Å². The summed E-state index contributed by atoms with van der Waals surface area (Å²) < 4.78 is 11.5. The zero-order valence-electron chi connectivity index (χ0n) is 18.0. The predicted molar refractivity (Wildman–Crippen MR) is 116 cm³/mol. The first kappa shape index (κ1) is 21.6. The van der Waals surface area contributed by atoms with Gasteiger partial charge in [-0.25, -0.2) is 4.79 Å². The summed E-state index contributed by atoms with van der Waals surface area (Å²) in [7, 11) is 0. The molecule has 0 radical (unpaired) electrons. The normalized spacial score (nSPS) is 30.7. The number of fused-ring (bicyclic) bond motifs is 3. The van der Waals surface area contributed by atoms with Crippen molar-refractivity contribution < 1.29 is 28.4 Å². The van der Waals surface area contributed by atoms with Crippen molar-refractivity contribution in [1.29, 1.82) is 0 Å². The minimum Gasteiger partial charge on any atom is -0.454 e. The molecule has 5 heterocycles. The van der Waals surface area contributed by atoms with Crippen molar-refractivity contribution in [3.05, 3.63) is 40.4 Å². The number of aromatic nitrogens is 1. The maximum absolute atomic E-state index is 13.5. The van der Waals surface area contributed by atoms with Gasteiger partial charge in [-0.15, -0.1) is 11.3 Å². The summed E-state index contributed by atoms with van der Waals surface area (Å²) >= 11 is 1.39. The molecule has 2 unspecified atom stereocenters. The van der Waals surface area contributed by atoms with Crippen molar-refractivity contribution in [3.63, 3.8) is 0 Å². The van der Waals surface area contributed by atoms with Crippen LogP contribution >= 0.6 is 11.3 Å². The fraction of sp³-hybridized carbons (Fsp3) is 0.609. The fourth-order valence-electron chi connectivity index (χ4n) is 6.25. The molecule has 0 aromatic carbocycles. The van der Waals surface area contributed by atoms with Crippen LogP contribution in [0.1, 0.15) is 55.1 Å². The zero-order valence-corrected chi connectivity index (χ0v) is 18.8. The van der Waals surface area contributed by atoms with E-state index in [-0.39, 0.29) is 17.9 Å². The molecule has 8 nitrogen and oxygen atoms in total. The Kier molecular flexibility index (Phi) is 5.59. The van der Waals surface area contributed by atoms with Crippen molar-refractivity contribution in [2.45, 2.75) is 56.3 Å². The monoisotopic (exact) mass is 460 g/mol. The summed E-state index contributed by atoms with van der Waals surface area (Å²) in [5.74, 6) is -0.918. The standard InChI is InChI=1S/C23H29N3O5S/c24-21(27)20(17-9-12-30-25-17)26-10-7-15(8-11-26)18(14-26)31-22(28)23(29,16-4-1-2-5-16)19-6-3-13-32-19/h3,6,9,12-13,15-16,18,20,29H,1-2,4-5,7-8,10-11,14H2,(H-,24,27)/p+1/t15?,18-,20?,23?,26?/m0/s1. The van der Waals surface area contributed by atoms with Gasteiger partial charge < -0.3 is 24.6 Å². The minimum atomic E-state index is -1.61. The van der Waals surface area contributed by atoms with Crippen LogP contribution < -0.4 is 5.73 Å². The van der Waals surface area contributed by atoms with Gasteiger partial charge in [-0.1, -0.05) is 24.1 Å². The Morgan fingerprint density at radius 3 is 2.59 bits per heavy atom. The molecule has 6 rings (SSSR count). The third kappa shape index (κ3) is 3.47. The van der Waals surface area contributed by atoms with Crippen LogP contribution in [0.2, 0.25) is 0 Å².